The van der Waals surface area contributed by atoms with Gasteiger partial charge in [-0.15, -0.1) is 0 Å². The molecule has 1 heterocycles. The Bertz CT molecular complexity index is 704. The Morgan fingerprint density at radius 1 is 1.38 bits per heavy atom. The van der Waals surface area contributed by atoms with E-state index in [0.29, 0.717) is 42.7 Å². The Hall–Kier alpha value is -1.88. The van der Waals surface area contributed by atoms with Crippen molar-refractivity contribution >= 4 is 11.8 Å². The normalized spacial score (nSPS) is 34.4. The van der Waals surface area contributed by atoms with Gasteiger partial charge in [-0.2, -0.15) is 0 Å². The van der Waals surface area contributed by atoms with Crippen LogP contribution in [0.15, 0.2) is 34.7 Å². The molecule has 0 saturated heterocycles. The molecule has 1 aromatic rings. The molecular formula is C21H28O5. The molecule has 0 aliphatic heterocycles. The molecule has 142 valence electrons. The minimum Gasteiger partial charge on any atom is -0.472 e. The maximum atomic E-state index is 12.8. The quantitative estimate of drug-likeness (QED) is 0.650. The maximum Gasteiger partial charge on any atom is 0.333 e. The lowest BCUT2D eigenvalue weighted by Crippen LogP contribution is -2.54. The smallest absolute Gasteiger partial charge is 0.333 e. The summed E-state index contributed by atoms with van der Waals surface area (Å²) in [5, 5.41) is 11.5. The third-order valence-electron chi connectivity index (χ3n) is 6.76. The second-order valence-corrected chi connectivity index (χ2v) is 8.19. The highest BCUT2D eigenvalue weighted by molar-refractivity contribution is 5.96. The van der Waals surface area contributed by atoms with Crippen molar-refractivity contribution < 1.29 is 23.8 Å². The van der Waals surface area contributed by atoms with Crippen molar-refractivity contribution in [3.8, 4) is 0 Å². The first-order chi connectivity index (χ1) is 12.3. The van der Waals surface area contributed by atoms with E-state index in [0.717, 1.165) is 12.8 Å². The number of furan rings is 1. The molecule has 2 aliphatic rings. The summed E-state index contributed by atoms with van der Waals surface area (Å²) in [4.78, 5) is 24.8. The molecule has 26 heavy (non-hydrogen) atoms. The molecule has 0 amide bonds. The van der Waals surface area contributed by atoms with Gasteiger partial charge < -0.3 is 14.3 Å². The zero-order valence-electron chi connectivity index (χ0n) is 15.8. The number of aliphatic hydroxyl groups is 1. The number of esters is 1. The van der Waals surface area contributed by atoms with Gasteiger partial charge >= 0.3 is 5.97 Å². The Morgan fingerprint density at radius 2 is 2.15 bits per heavy atom. The van der Waals surface area contributed by atoms with E-state index in [2.05, 4.69) is 13.8 Å². The first-order valence-corrected chi connectivity index (χ1v) is 9.35. The molecule has 0 radical (unpaired) electrons. The van der Waals surface area contributed by atoms with Crippen molar-refractivity contribution in [3.05, 3.63) is 35.8 Å². The van der Waals surface area contributed by atoms with Gasteiger partial charge in [0.15, 0.2) is 5.78 Å². The highest BCUT2D eigenvalue weighted by atomic mass is 16.5. The van der Waals surface area contributed by atoms with Crippen molar-refractivity contribution in [1.29, 1.82) is 0 Å². The fraction of sp³-hybridized carbons (Fsp3) is 0.619. The zero-order valence-corrected chi connectivity index (χ0v) is 15.8. The summed E-state index contributed by atoms with van der Waals surface area (Å²) in [7, 11) is 1.37. The van der Waals surface area contributed by atoms with Gasteiger partial charge in [-0.3, -0.25) is 4.79 Å². The van der Waals surface area contributed by atoms with Gasteiger partial charge in [-0.1, -0.05) is 19.9 Å². The molecule has 5 nitrogen and oxygen atoms in total. The molecule has 0 aromatic carbocycles. The first-order valence-electron chi connectivity index (χ1n) is 9.35. The summed E-state index contributed by atoms with van der Waals surface area (Å²) >= 11 is 0. The fourth-order valence-electron chi connectivity index (χ4n) is 5.02. The molecular weight excluding hydrogens is 332 g/mol. The number of ether oxygens (including phenoxy) is 1. The third kappa shape index (κ3) is 3.25. The average molecular weight is 360 g/mol. The SMILES string of the molecule is COC(=O)C1=CCCC2C(O)(CCC(C)C2(C)CC(=O)c2ccoc2)C1. The minimum absolute atomic E-state index is 0.0442. The van der Waals surface area contributed by atoms with Crippen molar-refractivity contribution in [3.63, 3.8) is 0 Å². The van der Waals surface area contributed by atoms with Gasteiger partial charge in [0, 0.05) is 18.4 Å². The number of carbonyl (C=O) groups excluding carboxylic acids is 2. The van der Waals surface area contributed by atoms with E-state index in [-0.39, 0.29) is 23.1 Å². The van der Waals surface area contributed by atoms with Crippen LogP contribution in [0.2, 0.25) is 0 Å². The molecule has 3 rings (SSSR count). The molecule has 0 bridgehead atoms. The highest BCUT2D eigenvalue weighted by Crippen LogP contribution is 2.56. The Kier molecular flexibility index (Phi) is 5.11. The van der Waals surface area contributed by atoms with E-state index < -0.39 is 5.60 Å². The fourth-order valence-corrected chi connectivity index (χ4v) is 5.02. The summed E-state index contributed by atoms with van der Waals surface area (Å²) in [5.41, 5.74) is -0.181. The molecule has 4 unspecified atom stereocenters. The van der Waals surface area contributed by atoms with Gasteiger partial charge in [0.05, 0.1) is 24.5 Å². The van der Waals surface area contributed by atoms with Crippen LogP contribution in [-0.4, -0.2) is 29.6 Å². The number of Topliss-reactive ketones (excluding diaryl/α,β-unsaturated/α-hetero) is 1. The van der Waals surface area contributed by atoms with Crippen molar-refractivity contribution in [2.24, 2.45) is 17.3 Å². The van der Waals surface area contributed by atoms with Crippen LogP contribution in [0.1, 0.15) is 62.7 Å². The lowest BCUT2D eigenvalue weighted by Gasteiger charge is -2.54. The van der Waals surface area contributed by atoms with E-state index in [1.54, 1.807) is 6.07 Å². The van der Waals surface area contributed by atoms with E-state index in [4.69, 9.17) is 9.15 Å². The van der Waals surface area contributed by atoms with Crippen LogP contribution >= 0.6 is 0 Å². The lowest BCUT2D eigenvalue weighted by atomic mass is 9.52. The number of methoxy groups -OCH3 is 1. The lowest BCUT2D eigenvalue weighted by molar-refractivity contribution is -0.143. The molecule has 4 atom stereocenters. The van der Waals surface area contributed by atoms with Crippen LogP contribution in [0.25, 0.3) is 0 Å². The summed E-state index contributed by atoms with van der Waals surface area (Å²) in [5.74, 6) is -0.0621. The predicted molar refractivity (Wildman–Crippen MR) is 96.6 cm³/mol. The number of fused-ring (bicyclic) bond motifs is 1. The molecule has 5 heteroatoms. The Labute approximate surface area is 154 Å². The topological polar surface area (TPSA) is 76.7 Å². The van der Waals surface area contributed by atoms with E-state index >= 15 is 0 Å². The second kappa shape index (κ2) is 7.03. The number of hydrogen-bond acceptors (Lipinski definition) is 5. The number of hydrogen-bond donors (Lipinski definition) is 1. The van der Waals surface area contributed by atoms with E-state index in [1.807, 2.05) is 6.08 Å². The number of ketones is 1. The minimum atomic E-state index is -0.978. The molecule has 2 aliphatic carbocycles. The van der Waals surface area contributed by atoms with Crippen LogP contribution in [0.3, 0.4) is 0 Å². The zero-order chi connectivity index (χ0) is 18.9. The standard InChI is InChI=1S/C21H28O5/c1-14-7-9-21(24)11-15(19(23)25-3)5-4-6-18(21)20(14,2)12-17(22)16-8-10-26-13-16/h5,8,10,13-14,18,24H,4,6-7,9,11-12H2,1-3H3. The summed E-state index contributed by atoms with van der Waals surface area (Å²) in [6.45, 7) is 4.29. The Balaban J connectivity index is 1.89. The van der Waals surface area contributed by atoms with Crippen molar-refractivity contribution in [2.75, 3.05) is 7.11 Å². The van der Waals surface area contributed by atoms with Gasteiger partial charge in [0.25, 0.3) is 0 Å². The van der Waals surface area contributed by atoms with Crippen molar-refractivity contribution in [1.82, 2.24) is 0 Å². The van der Waals surface area contributed by atoms with Crippen LogP contribution in [0, 0.1) is 17.3 Å². The van der Waals surface area contributed by atoms with Gasteiger partial charge in [-0.25, -0.2) is 4.79 Å². The van der Waals surface area contributed by atoms with Gasteiger partial charge in [0.1, 0.15) is 6.26 Å². The maximum absolute atomic E-state index is 12.8. The summed E-state index contributed by atoms with van der Waals surface area (Å²) < 4.78 is 9.93. The molecule has 0 spiro atoms. The van der Waals surface area contributed by atoms with Crippen LogP contribution in [0.5, 0.6) is 0 Å². The van der Waals surface area contributed by atoms with E-state index in [1.165, 1.54) is 19.6 Å². The third-order valence-corrected chi connectivity index (χ3v) is 6.76. The van der Waals surface area contributed by atoms with Crippen LogP contribution < -0.4 is 0 Å². The molecule has 1 N–H and O–H groups in total. The Morgan fingerprint density at radius 3 is 2.81 bits per heavy atom. The van der Waals surface area contributed by atoms with Gasteiger partial charge in [-0.05, 0) is 49.0 Å². The molecule has 1 saturated carbocycles. The summed E-state index contributed by atoms with van der Waals surface area (Å²) in [6, 6.07) is 1.69. The average Bonchev–Trinajstić information content (AvgIpc) is 3.08. The van der Waals surface area contributed by atoms with Crippen LogP contribution in [0.4, 0.5) is 0 Å². The second-order valence-electron chi connectivity index (χ2n) is 8.19. The number of rotatable bonds is 4. The highest BCUT2D eigenvalue weighted by Gasteiger charge is 2.55. The monoisotopic (exact) mass is 360 g/mol. The number of allylic oxidation sites excluding steroid dienone is 1. The summed E-state index contributed by atoms with van der Waals surface area (Å²) in [6.07, 6.45) is 8.49. The first kappa shape index (κ1) is 18.9. The van der Waals surface area contributed by atoms with Gasteiger partial charge in [0.2, 0.25) is 0 Å². The predicted octanol–water partition coefficient (Wildman–Crippen LogP) is 3.92. The largest absolute Gasteiger partial charge is 0.472 e. The molecule has 1 fully saturated rings. The van der Waals surface area contributed by atoms with Crippen LogP contribution in [-0.2, 0) is 9.53 Å². The van der Waals surface area contributed by atoms with Crippen molar-refractivity contribution in [2.45, 2.75) is 58.0 Å². The molecule has 1 aromatic heterocycles. The van der Waals surface area contributed by atoms with E-state index in [9.17, 15) is 14.7 Å². The number of carbonyl (C=O) groups is 2.